The van der Waals surface area contributed by atoms with Gasteiger partial charge in [-0.1, -0.05) is 0 Å². The maximum atomic E-state index is 8.74. The molecule has 1 heterocycles. The molecule has 0 bridgehead atoms. The standard InChI is InChI=1S/C4H6N2O4/c7-2-3(8)6(1-5-2)4(9)10/h1,4,7-10H. The van der Waals surface area contributed by atoms with E-state index >= 15 is 0 Å². The first-order chi connectivity index (χ1) is 4.63. The summed E-state index contributed by atoms with van der Waals surface area (Å²) in [5.74, 6) is -1.30. The van der Waals surface area contributed by atoms with E-state index in [0.29, 0.717) is 4.57 Å². The van der Waals surface area contributed by atoms with Crippen LogP contribution >= 0.6 is 0 Å². The van der Waals surface area contributed by atoms with Crippen molar-refractivity contribution in [2.24, 2.45) is 0 Å². The fourth-order valence-electron chi connectivity index (χ4n) is 0.514. The Bertz CT molecular complexity index is 231. The van der Waals surface area contributed by atoms with Gasteiger partial charge in [0.15, 0.2) is 0 Å². The molecule has 0 aliphatic heterocycles. The van der Waals surface area contributed by atoms with Crippen molar-refractivity contribution in [1.29, 1.82) is 0 Å². The summed E-state index contributed by atoms with van der Waals surface area (Å²) in [5.41, 5.74) is 0. The van der Waals surface area contributed by atoms with E-state index in [1.54, 1.807) is 0 Å². The Hall–Kier alpha value is -1.27. The van der Waals surface area contributed by atoms with Crippen LogP contribution in [0.3, 0.4) is 0 Å². The average molecular weight is 146 g/mol. The maximum absolute atomic E-state index is 8.74. The van der Waals surface area contributed by atoms with Gasteiger partial charge in [0.25, 0.3) is 11.8 Å². The van der Waals surface area contributed by atoms with E-state index in [0.717, 1.165) is 6.33 Å². The molecule has 10 heavy (non-hydrogen) atoms. The van der Waals surface area contributed by atoms with Crippen LogP contribution in [-0.4, -0.2) is 30.0 Å². The molecule has 0 atom stereocenters. The van der Waals surface area contributed by atoms with Gasteiger partial charge in [-0.2, -0.15) is 4.98 Å². The Morgan fingerprint density at radius 1 is 1.40 bits per heavy atom. The summed E-state index contributed by atoms with van der Waals surface area (Å²) in [7, 11) is 0. The van der Waals surface area contributed by atoms with E-state index in [1.165, 1.54) is 0 Å². The highest BCUT2D eigenvalue weighted by molar-refractivity contribution is 5.22. The van der Waals surface area contributed by atoms with Gasteiger partial charge in [0.05, 0.1) is 0 Å². The molecule has 0 fully saturated rings. The second-order valence-corrected chi connectivity index (χ2v) is 1.65. The van der Waals surface area contributed by atoms with Crippen LogP contribution in [0, 0.1) is 0 Å². The Labute approximate surface area is 55.6 Å². The minimum absolute atomic E-state index is 0.593. The Balaban J connectivity index is 3.05. The second kappa shape index (κ2) is 2.16. The molecule has 1 aromatic rings. The molecule has 6 heteroatoms. The fourth-order valence-corrected chi connectivity index (χ4v) is 0.514. The van der Waals surface area contributed by atoms with Gasteiger partial charge in [-0.25, -0.2) is 4.57 Å². The molecule has 0 aliphatic rings. The number of rotatable bonds is 1. The van der Waals surface area contributed by atoms with Gasteiger partial charge >= 0.3 is 0 Å². The summed E-state index contributed by atoms with van der Waals surface area (Å²) in [4.78, 5) is 3.19. The van der Waals surface area contributed by atoms with Crippen molar-refractivity contribution in [1.82, 2.24) is 9.55 Å². The van der Waals surface area contributed by atoms with Crippen molar-refractivity contribution in [3.63, 3.8) is 0 Å². The van der Waals surface area contributed by atoms with E-state index in [1.807, 2.05) is 0 Å². The fraction of sp³-hybridized carbons (Fsp3) is 0.250. The highest BCUT2D eigenvalue weighted by Gasteiger charge is 2.11. The van der Waals surface area contributed by atoms with Gasteiger partial charge in [0, 0.05) is 0 Å². The first kappa shape index (κ1) is 6.84. The molecular weight excluding hydrogens is 140 g/mol. The molecule has 6 nitrogen and oxygen atoms in total. The molecule has 0 spiro atoms. The first-order valence-corrected chi connectivity index (χ1v) is 2.44. The van der Waals surface area contributed by atoms with Gasteiger partial charge in [-0.3, -0.25) is 0 Å². The largest absolute Gasteiger partial charge is 0.491 e. The number of aromatic hydroxyl groups is 2. The van der Waals surface area contributed by atoms with Crippen LogP contribution in [0.2, 0.25) is 0 Å². The van der Waals surface area contributed by atoms with Crippen molar-refractivity contribution >= 4 is 0 Å². The zero-order valence-electron chi connectivity index (χ0n) is 4.84. The molecular formula is C4H6N2O4. The average Bonchev–Trinajstić information content (AvgIpc) is 2.14. The summed E-state index contributed by atoms with van der Waals surface area (Å²) in [5, 5.41) is 34.2. The normalized spacial score (nSPS) is 10.7. The summed E-state index contributed by atoms with van der Waals surface area (Å²) >= 11 is 0. The third kappa shape index (κ3) is 0.893. The molecule has 0 amide bonds. The lowest BCUT2D eigenvalue weighted by molar-refractivity contribution is -0.105. The summed E-state index contributed by atoms with van der Waals surface area (Å²) in [6.07, 6.45) is -0.983. The van der Waals surface area contributed by atoms with Crippen LogP contribution in [0.1, 0.15) is 6.41 Å². The minimum Gasteiger partial charge on any atom is -0.491 e. The lowest BCUT2D eigenvalue weighted by Gasteiger charge is -2.03. The molecule has 0 unspecified atom stereocenters. The lowest BCUT2D eigenvalue weighted by Crippen LogP contribution is -2.03. The van der Waals surface area contributed by atoms with Crippen molar-refractivity contribution in [3.8, 4) is 11.8 Å². The highest BCUT2D eigenvalue weighted by Crippen LogP contribution is 2.23. The van der Waals surface area contributed by atoms with E-state index in [4.69, 9.17) is 20.4 Å². The van der Waals surface area contributed by atoms with Crippen molar-refractivity contribution in [2.45, 2.75) is 6.41 Å². The number of imidazole rings is 1. The molecule has 0 radical (unpaired) electrons. The quantitative estimate of drug-likeness (QED) is 0.370. The van der Waals surface area contributed by atoms with E-state index in [-0.39, 0.29) is 0 Å². The number of aliphatic hydroxyl groups excluding tert-OH is 1. The number of aliphatic hydroxyl groups is 2. The van der Waals surface area contributed by atoms with Crippen LogP contribution in [0.25, 0.3) is 0 Å². The molecule has 56 valence electrons. The zero-order chi connectivity index (χ0) is 7.72. The molecule has 0 saturated heterocycles. The molecule has 0 saturated carbocycles. The van der Waals surface area contributed by atoms with Gasteiger partial charge in [-0.05, 0) is 0 Å². The van der Waals surface area contributed by atoms with Crippen molar-refractivity contribution in [2.75, 3.05) is 0 Å². The third-order valence-corrected chi connectivity index (χ3v) is 0.998. The Morgan fingerprint density at radius 2 is 2.00 bits per heavy atom. The summed E-state index contributed by atoms with van der Waals surface area (Å²) in [6, 6.07) is 0. The molecule has 4 N–H and O–H groups in total. The van der Waals surface area contributed by atoms with E-state index < -0.39 is 18.2 Å². The van der Waals surface area contributed by atoms with Gasteiger partial charge in [0.1, 0.15) is 6.33 Å². The van der Waals surface area contributed by atoms with Gasteiger partial charge in [-0.15, -0.1) is 0 Å². The number of hydrogen-bond acceptors (Lipinski definition) is 5. The van der Waals surface area contributed by atoms with Gasteiger partial charge < -0.3 is 20.4 Å². The molecule has 1 aromatic heterocycles. The second-order valence-electron chi connectivity index (χ2n) is 1.65. The number of aromatic nitrogens is 2. The van der Waals surface area contributed by atoms with E-state index in [9.17, 15) is 0 Å². The topological polar surface area (TPSA) is 98.7 Å². The number of nitrogens with zero attached hydrogens (tertiary/aromatic N) is 2. The SMILES string of the molecule is Oc1ncn(C(O)O)c1O. The van der Waals surface area contributed by atoms with Crippen molar-refractivity contribution in [3.05, 3.63) is 6.33 Å². The van der Waals surface area contributed by atoms with Crippen LogP contribution in [0.5, 0.6) is 11.8 Å². The first-order valence-electron chi connectivity index (χ1n) is 2.44. The smallest absolute Gasteiger partial charge is 0.275 e. The third-order valence-electron chi connectivity index (χ3n) is 0.998. The number of hydrogen-bond donors (Lipinski definition) is 4. The zero-order valence-corrected chi connectivity index (χ0v) is 4.84. The van der Waals surface area contributed by atoms with Crippen LogP contribution in [0.4, 0.5) is 0 Å². The molecule has 0 aliphatic carbocycles. The lowest BCUT2D eigenvalue weighted by atomic mass is 10.7. The highest BCUT2D eigenvalue weighted by atomic mass is 16.5. The summed E-state index contributed by atoms with van der Waals surface area (Å²) in [6.45, 7) is 0. The van der Waals surface area contributed by atoms with E-state index in [2.05, 4.69) is 4.98 Å². The van der Waals surface area contributed by atoms with Crippen molar-refractivity contribution < 1.29 is 20.4 Å². The monoisotopic (exact) mass is 146 g/mol. The van der Waals surface area contributed by atoms with Crippen LogP contribution < -0.4 is 0 Å². The predicted octanol–water partition coefficient (Wildman–Crippen LogP) is -1.27. The Kier molecular flexibility index (Phi) is 1.48. The Morgan fingerprint density at radius 3 is 2.20 bits per heavy atom. The van der Waals surface area contributed by atoms with Crippen LogP contribution in [-0.2, 0) is 0 Å². The maximum Gasteiger partial charge on any atom is 0.275 e. The molecule has 0 aromatic carbocycles. The van der Waals surface area contributed by atoms with Crippen LogP contribution in [0.15, 0.2) is 6.33 Å². The predicted molar refractivity (Wildman–Crippen MR) is 29.0 cm³/mol. The minimum atomic E-state index is -1.88. The van der Waals surface area contributed by atoms with Gasteiger partial charge in [0.2, 0.25) is 6.41 Å². The summed E-state index contributed by atoms with van der Waals surface area (Å²) < 4.78 is 0.593. The molecule has 1 rings (SSSR count).